The number of aryl methyl sites for hydroxylation is 2. The molecule has 0 saturated heterocycles. The highest BCUT2D eigenvalue weighted by atomic mass is 35.5. The summed E-state index contributed by atoms with van der Waals surface area (Å²) < 4.78 is 0. The van der Waals surface area contributed by atoms with Gasteiger partial charge in [-0.3, -0.25) is 0 Å². The van der Waals surface area contributed by atoms with Gasteiger partial charge in [0.05, 0.1) is 0 Å². The van der Waals surface area contributed by atoms with Crippen molar-refractivity contribution >= 4 is 17.3 Å². The molecule has 0 N–H and O–H groups in total. The Morgan fingerprint density at radius 1 is 1.00 bits per heavy atom. The molecule has 1 nitrogen and oxygen atoms in total. The molecule has 100 valence electrons. The summed E-state index contributed by atoms with van der Waals surface area (Å²) in [6.07, 6.45) is 0. The Balaban J connectivity index is 2.25. The molecule has 0 spiro atoms. The molecular weight excluding hydrogens is 254 g/mol. The molecule has 0 fully saturated rings. The van der Waals surface area contributed by atoms with Crippen molar-refractivity contribution in [2.24, 2.45) is 0 Å². The van der Waals surface area contributed by atoms with Crippen LogP contribution in [-0.4, -0.2) is 7.05 Å². The van der Waals surface area contributed by atoms with E-state index < -0.39 is 0 Å². The topological polar surface area (TPSA) is 3.24 Å². The maximum absolute atomic E-state index is 6.06. The Morgan fingerprint density at radius 3 is 2.42 bits per heavy atom. The Bertz CT molecular complexity index is 563. The molecule has 0 heterocycles. The molecule has 0 saturated carbocycles. The van der Waals surface area contributed by atoms with Gasteiger partial charge in [0.1, 0.15) is 0 Å². The van der Waals surface area contributed by atoms with E-state index in [1.54, 1.807) is 0 Å². The highest BCUT2D eigenvalue weighted by Gasteiger charge is 2.08. The van der Waals surface area contributed by atoms with Crippen LogP contribution in [0.2, 0.25) is 0 Å². The van der Waals surface area contributed by atoms with Gasteiger partial charge in [-0.1, -0.05) is 42.0 Å². The summed E-state index contributed by atoms with van der Waals surface area (Å²) in [5, 5.41) is 0. The van der Waals surface area contributed by atoms with Gasteiger partial charge in [-0.25, -0.2) is 0 Å². The van der Waals surface area contributed by atoms with Gasteiger partial charge in [-0.05, 0) is 36.6 Å². The Labute approximate surface area is 120 Å². The number of benzene rings is 2. The van der Waals surface area contributed by atoms with Crippen LogP contribution < -0.4 is 4.90 Å². The van der Waals surface area contributed by atoms with E-state index in [1.165, 1.54) is 27.9 Å². The number of hydrogen-bond acceptors (Lipinski definition) is 1. The zero-order chi connectivity index (χ0) is 13.8. The van der Waals surface area contributed by atoms with E-state index in [2.05, 4.69) is 68.3 Å². The summed E-state index contributed by atoms with van der Waals surface area (Å²) in [4.78, 5) is 2.26. The van der Waals surface area contributed by atoms with Crippen molar-refractivity contribution < 1.29 is 0 Å². The first kappa shape index (κ1) is 14.0. The Hall–Kier alpha value is -1.47. The zero-order valence-electron chi connectivity index (χ0n) is 11.8. The van der Waals surface area contributed by atoms with Crippen LogP contribution in [0.5, 0.6) is 0 Å². The van der Waals surface area contributed by atoms with Crippen molar-refractivity contribution in [2.75, 3.05) is 11.9 Å². The van der Waals surface area contributed by atoms with Crippen molar-refractivity contribution in [1.82, 2.24) is 0 Å². The maximum Gasteiger partial charge on any atom is 0.0494 e. The first-order valence-electron chi connectivity index (χ1n) is 6.53. The average Bonchev–Trinajstić information content (AvgIpc) is 2.41. The van der Waals surface area contributed by atoms with Crippen molar-refractivity contribution in [1.29, 1.82) is 0 Å². The van der Waals surface area contributed by atoms with Crippen LogP contribution in [-0.2, 0) is 12.4 Å². The molecule has 0 bridgehead atoms. The van der Waals surface area contributed by atoms with E-state index in [4.69, 9.17) is 11.6 Å². The molecule has 2 heteroatoms. The lowest BCUT2D eigenvalue weighted by Crippen LogP contribution is -2.18. The molecule has 0 aliphatic carbocycles. The van der Waals surface area contributed by atoms with Gasteiger partial charge in [0.2, 0.25) is 0 Å². The standard InChI is InChI=1S/C17H20ClN/c1-13-8-9-17(16(10-13)11-18)19(3)12-15-7-5-4-6-14(15)2/h4-10H,11-12H2,1-3H3. The fourth-order valence-corrected chi connectivity index (χ4v) is 2.54. The number of halogens is 1. The average molecular weight is 274 g/mol. The molecule has 0 aliphatic rings. The quantitative estimate of drug-likeness (QED) is 0.731. The number of rotatable bonds is 4. The van der Waals surface area contributed by atoms with Crippen LogP contribution in [0, 0.1) is 13.8 Å². The van der Waals surface area contributed by atoms with E-state index in [1.807, 2.05) is 0 Å². The molecule has 0 aliphatic heterocycles. The summed E-state index contributed by atoms with van der Waals surface area (Å²) in [5.74, 6) is 0.551. The van der Waals surface area contributed by atoms with E-state index in [-0.39, 0.29) is 0 Å². The van der Waals surface area contributed by atoms with Crippen molar-refractivity contribution in [3.8, 4) is 0 Å². The molecule has 0 unspecified atom stereocenters. The summed E-state index contributed by atoms with van der Waals surface area (Å²) in [5.41, 5.74) is 6.34. The molecule has 19 heavy (non-hydrogen) atoms. The SMILES string of the molecule is Cc1ccc(N(C)Cc2ccccc2C)c(CCl)c1. The van der Waals surface area contributed by atoms with E-state index >= 15 is 0 Å². The second kappa shape index (κ2) is 6.12. The van der Waals surface area contributed by atoms with Gasteiger partial charge in [-0.15, -0.1) is 11.6 Å². The molecule has 2 aromatic rings. The van der Waals surface area contributed by atoms with Crippen molar-refractivity contribution in [3.63, 3.8) is 0 Å². The normalized spacial score (nSPS) is 10.5. The van der Waals surface area contributed by atoms with Gasteiger partial charge in [0, 0.05) is 25.2 Å². The molecule has 0 radical (unpaired) electrons. The zero-order valence-corrected chi connectivity index (χ0v) is 12.5. The fourth-order valence-electron chi connectivity index (χ4n) is 2.32. The second-order valence-corrected chi connectivity index (χ2v) is 5.32. The summed E-state index contributed by atoms with van der Waals surface area (Å²) in [7, 11) is 2.12. The minimum atomic E-state index is 0.551. The Kier molecular flexibility index (Phi) is 4.49. The second-order valence-electron chi connectivity index (χ2n) is 5.05. The molecule has 0 atom stereocenters. The van der Waals surface area contributed by atoms with Gasteiger partial charge < -0.3 is 4.90 Å². The third-order valence-electron chi connectivity index (χ3n) is 3.46. The van der Waals surface area contributed by atoms with Gasteiger partial charge >= 0.3 is 0 Å². The number of alkyl halides is 1. The minimum Gasteiger partial charge on any atom is -0.370 e. The predicted molar refractivity (Wildman–Crippen MR) is 84.0 cm³/mol. The molecule has 2 rings (SSSR count). The lowest BCUT2D eigenvalue weighted by Gasteiger charge is -2.23. The van der Waals surface area contributed by atoms with Crippen LogP contribution in [0.4, 0.5) is 5.69 Å². The van der Waals surface area contributed by atoms with Crippen LogP contribution >= 0.6 is 11.6 Å². The summed E-state index contributed by atoms with van der Waals surface area (Å²) in [6, 6.07) is 15.0. The van der Waals surface area contributed by atoms with Crippen LogP contribution in [0.1, 0.15) is 22.3 Å². The van der Waals surface area contributed by atoms with Gasteiger partial charge in [0.15, 0.2) is 0 Å². The maximum atomic E-state index is 6.06. The number of nitrogens with zero attached hydrogens (tertiary/aromatic N) is 1. The largest absolute Gasteiger partial charge is 0.370 e. The summed E-state index contributed by atoms with van der Waals surface area (Å²) >= 11 is 6.06. The van der Waals surface area contributed by atoms with E-state index in [0.717, 1.165) is 6.54 Å². The third-order valence-corrected chi connectivity index (χ3v) is 3.75. The minimum absolute atomic E-state index is 0.551. The highest BCUT2D eigenvalue weighted by Crippen LogP contribution is 2.24. The number of anilines is 1. The smallest absolute Gasteiger partial charge is 0.0494 e. The molecule has 2 aromatic carbocycles. The summed E-state index contributed by atoms with van der Waals surface area (Å²) in [6.45, 7) is 5.15. The monoisotopic (exact) mass is 273 g/mol. The Morgan fingerprint density at radius 2 is 1.74 bits per heavy atom. The van der Waals surface area contributed by atoms with E-state index in [9.17, 15) is 0 Å². The third kappa shape index (κ3) is 3.30. The molecule has 0 aromatic heterocycles. The predicted octanol–water partition coefficient (Wildman–Crippen LogP) is 4.68. The van der Waals surface area contributed by atoms with Gasteiger partial charge in [-0.2, -0.15) is 0 Å². The first-order chi connectivity index (χ1) is 9.11. The molecule has 0 amide bonds. The van der Waals surface area contributed by atoms with Crippen LogP contribution in [0.25, 0.3) is 0 Å². The van der Waals surface area contributed by atoms with Gasteiger partial charge in [0.25, 0.3) is 0 Å². The fraction of sp³-hybridized carbons (Fsp3) is 0.294. The van der Waals surface area contributed by atoms with Crippen molar-refractivity contribution in [3.05, 3.63) is 64.7 Å². The lowest BCUT2D eigenvalue weighted by atomic mass is 10.1. The molecular formula is C17H20ClN. The van der Waals surface area contributed by atoms with Crippen molar-refractivity contribution in [2.45, 2.75) is 26.3 Å². The lowest BCUT2D eigenvalue weighted by molar-refractivity contribution is 0.907. The van der Waals surface area contributed by atoms with Crippen LogP contribution in [0.3, 0.4) is 0 Å². The van der Waals surface area contributed by atoms with Crippen LogP contribution in [0.15, 0.2) is 42.5 Å². The highest BCUT2D eigenvalue weighted by molar-refractivity contribution is 6.17. The first-order valence-corrected chi connectivity index (χ1v) is 7.06. The van der Waals surface area contributed by atoms with E-state index in [0.29, 0.717) is 5.88 Å². The number of hydrogen-bond donors (Lipinski definition) is 0.